The van der Waals surface area contributed by atoms with Gasteiger partial charge in [0.2, 0.25) is 0 Å². The topological polar surface area (TPSA) is 49.8 Å². The predicted octanol–water partition coefficient (Wildman–Crippen LogP) is 3.72. The molecule has 1 aliphatic carbocycles. The van der Waals surface area contributed by atoms with Crippen LogP contribution in [-0.4, -0.2) is 40.4 Å². The lowest BCUT2D eigenvalue weighted by atomic mass is 9.79. The highest BCUT2D eigenvalue weighted by Gasteiger charge is 2.38. The molecule has 0 aromatic carbocycles. The monoisotopic (exact) mass is 297 g/mol. The number of ether oxygens (including phenoxy) is 1. The van der Waals surface area contributed by atoms with Gasteiger partial charge in [-0.25, -0.2) is 4.79 Å². The summed E-state index contributed by atoms with van der Waals surface area (Å²) in [5.74, 6) is 0.226. The van der Waals surface area contributed by atoms with Crippen molar-refractivity contribution in [3.63, 3.8) is 0 Å². The number of aliphatic hydroxyl groups excluding tert-OH is 1. The number of rotatable bonds is 1. The van der Waals surface area contributed by atoms with E-state index in [0.29, 0.717) is 0 Å². The molecule has 1 N–H and O–H groups in total. The summed E-state index contributed by atoms with van der Waals surface area (Å²) in [7, 11) is 0. The summed E-state index contributed by atoms with van der Waals surface area (Å²) in [4.78, 5) is 14.5. The zero-order valence-corrected chi connectivity index (χ0v) is 13.8. The third-order valence-corrected chi connectivity index (χ3v) is 4.70. The zero-order valence-electron chi connectivity index (χ0n) is 13.8. The molecule has 2 rings (SSSR count). The van der Waals surface area contributed by atoms with Crippen LogP contribution in [0.2, 0.25) is 0 Å². The van der Waals surface area contributed by atoms with Crippen LogP contribution in [0.3, 0.4) is 0 Å². The molecule has 1 amide bonds. The van der Waals surface area contributed by atoms with Gasteiger partial charge < -0.3 is 14.7 Å². The Morgan fingerprint density at radius 3 is 2.38 bits per heavy atom. The highest BCUT2D eigenvalue weighted by molar-refractivity contribution is 5.68. The normalized spacial score (nSPS) is 31.6. The van der Waals surface area contributed by atoms with Gasteiger partial charge in [-0.2, -0.15) is 0 Å². The van der Waals surface area contributed by atoms with E-state index in [4.69, 9.17) is 4.74 Å². The first-order valence-corrected chi connectivity index (χ1v) is 8.56. The fraction of sp³-hybridized carbons (Fsp3) is 0.941. The summed E-state index contributed by atoms with van der Waals surface area (Å²) in [6, 6.07) is 0.151. The average molecular weight is 297 g/mol. The Kier molecular flexibility index (Phi) is 5.53. The molecule has 0 spiro atoms. The molecule has 2 aliphatic rings. The Morgan fingerprint density at radius 1 is 1.05 bits per heavy atom. The van der Waals surface area contributed by atoms with Gasteiger partial charge in [0.25, 0.3) is 0 Å². The SMILES string of the molecule is CC(C)(C)OC(=O)N1CCCCCC1C1CCCCC1O. The Bertz CT molecular complexity index is 350. The summed E-state index contributed by atoms with van der Waals surface area (Å²) in [5, 5.41) is 10.4. The Balaban J connectivity index is 2.11. The minimum atomic E-state index is -0.459. The summed E-state index contributed by atoms with van der Waals surface area (Å²) in [5.41, 5.74) is -0.459. The smallest absolute Gasteiger partial charge is 0.410 e. The fourth-order valence-electron chi connectivity index (χ4n) is 3.72. The van der Waals surface area contributed by atoms with E-state index in [1.165, 1.54) is 12.8 Å². The highest BCUT2D eigenvalue weighted by Crippen LogP contribution is 2.34. The van der Waals surface area contributed by atoms with E-state index in [2.05, 4.69) is 0 Å². The van der Waals surface area contributed by atoms with Crippen LogP contribution < -0.4 is 0 Å². The molecule has 3 unspecified atom stereocenters. The second-order valence-electron chi connectivity index (χ2n) is 7.61. The first kappa shape index (κ1) is 16.6. The molecule has 1 aliphatic heterocycles. The number of hydrogen-bond donors (Lipinski definition) is 1. The molecule has 0 bridgehead atoms. The van der Waals surface area contributed by atoms with Crippen LogP contribution in [0.15, 0.2) is 0 Å². The molecular formula is C17H31NO3. The number of likely N-dealkylation sites (tertiary alicyclic amines) is 1. The number of nitrogens with zero attached hydrogens (tertiary/aromatic N) is 1. The minimum absolute atomic E-state index is 0.151. The van der Waals surface area contributed by atoms with Crippen molar-refractivity contribution >= 4 is 6.09 Å². The van der Waals surface area contributed by atoms with Crippen LogP contribution >= 0.6 is 0 Å². The molecule has 1 saturated heterocycles. The van der Waals surface area contributed by atoms with Gasteiger partial charge >= 0.3 is 6.09 Å². The van der Waals surface area contributed by atoms with Gasteiger partial charge in [0.15, 0.2) is 0 Å². The number of hydrogen-bond acceptors (Lipinski definition) is 3. The van der Waals surface area contributed by atoms with Crippen molar-refractivity contribution in [1.82, 2.24) is 4.90 Å². The number of aliphatic hydroxyl groups is 1. The number of carbonyl (C=O) groups is 1. The molecule has 0 radical (unpaired) electrons. The average Bonchev–Trinajstić information content (AvgIpc) is 2.63. The molecule has 2 fully saturated rings. The third kappa shape index (κ3) is 4.60. The van der Waals surface area contributed by atoms with E-state index in [0.717, 1.165) is 45.1 Å². The first-order chi connectivity index (χ1) is 9.88. The van der Waals surface area contributed by atoms with E-state index in [1.54, 1.807) is 0 Å². The van der Waals surface area contributed by atoms with Crippen LogP contribution in [0.5, 0.6) is 0 Å². The van der Waals surface area contributed by atoms with E-state index >= 15 is 0 Å². The molecular weight excluding hydrogens is 266 g/mol. The molecule has 122 valence electrons. The molecule has 1 heterocycles. The molecule has 4 nitrogen and oxygen atoms in total. The molecule has 0 aromatic rings. The second-order valence-corrected chi connectivity index (χ2v) is 7.61. The molecule has 4 heteroatoms. The lowest BCUT2D eigenvalue weighted by molar-refractivity contribution is -0.0163. The summed E-state index contributed by atoms with van der Waals surface area (Å²) in [6.07, 6.45) is 8.08. The largest absolute Gasteiger partial charge is 0.444 e. The van der Waals surface area contributed by atoms with Gasteiger partial charge in [-0.1, -0.05) is 25.7 Å². The Hall–Kier alpha value is -0.770. The molecule has 21 heavy (non-hydrogen) atoms. The standard InChI is InChI=1S/C17H31NO3/c1-17(2,3)21-16(20)18-12-8-4-5-10-14(18)13-9-6-7-11-15(13)19/h13-15,19H,4-12H2,1-3H3. The second kappa shape index (κ2) is 6.99. The Morgan fingerprint density at radius 2 is 1.71 bits per heavy atom. The van der Waals surface area contributed by atoms with Crippen molar-refractivity contribution in [2.45, 2.75) is 89.9 Å². The van der Waals surface area contributed by atoms with E-state index in [9.17, 15) is 9.90 Å². The van der Waals surface area contributed by atoms with Crippen LogP contribution in [0.25, 0.3) is 0 Å². The maximum absolute atomic E-state index is 12.5. The lowest BCUT2D eigenvalue weighted by Gasteiger charge is -2.40. The van der Waals surface area contributed by atoms with E-state index in [-0.39, 0.29) is 24.2 Å². The summed E-state index contributed by atoms with van der Waals surface area (Å²) >= 11 is 0. The van der Waals surface area contributed by atoms with Crippen LogP contribution in [0.4, 0.5) is 4.79 Å². The maximum Gasteiger partial charge on any atom is 0.410 e. The van der Waals surface area contributed by atoms with Crippen LogP contribution in [0.1, 0.15) is 72.1 Å². The van der Waals surface area contributed by atoms with Crippen molar-refractivity contribution in [3.05, 3.63) is 0 Å². The fourth-order valence-corrected chi connectivity index (χ4v) is 3.72. The summed E-state index contributed by atoms with van der Waals surface area (Å²) in [6.45, 7) is 6.50. The predicted molar refractivity (Wildman–Crippen MR) is 83.2 cm³/mol. The van der Waals surface area contributed by atoms with Crippen molar-refractivity contribution in [2.24, 2.45) is 5.92 Å². The highest BCUT2D eigenvalue weighted by atomic mass is 16.6. The Labute approximate surface area is 128 Å². The number of carbonyl (C=O) groups excluding carboxylic acids is 1. The zero-order chi connectivity index (χ0) is 15.5. The molecule has 3 atom stereocenters. The number of amides is 1. The quantitative estimate of drug-likeness (QED) is 0.802. The van der Waals surface area contributed by atoms with Gasteiger partial charge in [-0.05, 0) is 46.5 Å². The van der Waals surface area contributed by atoms with Crippen molar-refractivity contribution in [1.29, 1.82) is 0 Å². The first-order valence-electron chi connectivity index (χ1n) is 8.56. The summed E-state index contributed by atoms with van der Waals surface area (Å²) < 4.78 is 5.59. The molecule has 1 saturated carbocycles. The van der Waals surface area contributed by atoms with E-state index in [1.807, 2.05) is 25.7 Å². The van der Waals surface area contributed by atoms with Crippen LogP contribution in [-0.2, 0) is 4.74 Å². The van der Waals surface area contributed by atoms with Gasteiger partial charge in [0, 0.05) is 18.5 Å². The van der Waals surface area contributed by atoms with Gasteiger partial charge in [-0.3, -0.25) is 0 Å². The van der Waals surface area contributed by atoms with Crippen molar-refractivity contribution < 1.29 is 14.6 Å². The van der Waals surface area contributed by atoms with Gasteiger partial charge in [0.05, 0.1) is 6.10 Å². The third-order valence-electron chi connectivity index (χ3n) is 4.70. The van der Waals surface area contributed by atoms with Crippen LogP contribution in [0, 0.1) is 5.92 Å². The van der Waals surface area contributed by atoms with E-state index < -0.39 is 5.60 Å². The van der Waals surface area contributed by atoms with Crippen molar-refractivity contribution in [3.8, 4) is 0 Å². The lowest BCUT2D eigenvalue weighted by Crippen LogP contribution is -2.50. The van der Waals surface area contributed by atoms with Crippen molar-refractivity contribution in [2.75, 3.05) is 6.54 Å². The molecule has 0 aromatic heterocycles. The minimum Gasteiger partial charge on any atom is -0.444 e. The van der Waals surface area contributed by atoms with Gasteiger partial charge in [0.1, 0.15) is 5.60 Å². The van der Waals surface area contributed by atoms with Gasteiger partial charge in [-0.15, -0.1) is 0 Å². The maximum atomic E-state index is 12.5.